The lowest BCUT2D eigenvalue weighted by Crippen LogP contribution is -2.46. The molecule has 29 heavy (non-hydrogen) atoms. The lowest BCUT2D eigenvalue weighted by molar-refractivity contribution is -0.143. The second kappa shape index (κ2) is 8.47. The summed E-state index contributed by atoms with van der Waals surface area (Å²) in [4.78, 5) is 36.6. The number of carboxylic acids is 1. The summed E-state index contributed by atoms with van der Waals surface area (Å²) in [6.07, 6.45) is 1.26. The van der Waals surface area contributed by atoms with E-state index in [0.29, 0.717) is 29.2 Å². The van der Waals surface area contributed by atoms with Crippen molar-refractivity contribution in [2.75, 3.05) is 11.9 Å². The standard InChI is InChI=1S/C23H26N2O4/c1-3-23(22(28)29,17-7-5-4-6-8-17)14-24-20(26)16-9-11-18(12-10-16)25-21(27)19-13-15(19)2/h4-12,15,19H,3,13-14H2,1-2H3,(H,24,26)(H,25,27)(H,28,29). The summed E-state index contributed by atoms with van der Waals surface area (Å²) in [5, 5.41) is 15.5. The van der Waals surface area contributed by atoms with Gasteiger partial charge in [0.15, 0.2) is 0 Å². The quantitative estimate of drug-likeness (QED) is 0.639. The van der Waals surface area contributed by atoms with Crippen LogP contribution < -0.4 is 10.6 Å². The van der Waals surface area contributed by atoms with Crippen LogP contribution in [0.15, 0.2) is 54.6 Å². The maximum absolute atomic E-state index is 12.6. The van der Waals surface area contributed by atoms with Crippen molar-refractivity contribution < 1.29 is 19.5 Å². The Labute approximate surface area is 170 Å². The molecule has 0 aliphatic heterocycles. The zero-order valence-electron chi connectivity index (χ0n) is 16.6. The zero-order chi connectivity index (χ0) is 21.0. The van der Waals surface area contributed by atoms with Crippen molar-refractivity contribution in [1.82, 2.24) is 5.32 Å². The molecule has 0 spiro atoms. The van der Waals surface area contributed by atoms with Gasteiger partial charge in [0.2, 0.25) is 5.91 Å². The van der Waals surface area contributed by atoms with Gasteiger partial charge >= 0.3 is 5.97 Å². The van der Waals surface area contributed by atoms with Gasteiger partial charge in [0.1, 0.15) is 5.41 Å². The van der Waals surface area contributed by atoms with E-state index in [1.165, 1.54) is 0 Å². The van der Waals surface area contributed by atoms with Gasteiger partial charge in [-0.3, -0.25) is 14.4 Å². The highest BCUT2D eigenvalue weighted by Crippen LogP contribution is 2.38. The molecule has 2 amide bonds. The van der Waals surface area contributed by atoms with Crippen molar-refractivity contribution in [2.24, 2.45) is 11.8 Å². The van der Waals surface area contributed by atoms with Gasteiger partial charge in [0.05, 0.1) is 0 Å². The minimum Gasteiger partial charge on any atom is -0.481 e. The maximum atomic E-state index is 12.6. The molecular weight excluding hydrogens is 368 g/mol. The molecule has 0 radical (unpaired) electrons. The number of nitrogens with one attached hydrogen (secondary N) is 2. The number of amides is 2. The number of carbonyl (C=O) groups excluding carboxylic acids is 2. The molecule has 1 saturated carbocycles. The van der Waals surface area contributed by atoms with Crippen LogP contribution in [0, 0.1) is 11.8 Å². The fourth-order valence-corrected chi connectivity index (χ4v) is 3.50. The van der Waals surface area contributed by atoms with Gasteiger partial charge in [-0.15, -0.1) is 0 Å². The van der Waals surface area contributed by atoms with Gasteiger partial charge in [-0.2, -0.15) is 0 Å². The first-order valence-corrected chi connectivity index (χ1v) is 9.85. The van der Waals surface area contributed by atoms with E-state index in [1.807, 2.05) is 13.0 Å². The highest BCUT2D eigenvalue weighted by Gasteiger charge is 2.40. The third-order valence-electron chi connectivity index (χ3n) is 5.75. The van der Waals surface area contributed by atoms with E-state index >= 15 is 0 Å². The molecule has 3 N–H and O–H groups in total. The van der Waals surface area contributed by atoms with Crippen molar-refractivity contribution in [3.8, 4) is 0 Å². The monoisotopic (exact) mass is 394 g/mol. The van der Waals surface area contributed by atoms with Crippen molar-refractivity contribution >= 4 is 23.5 Å². The van der Waals surface area contributed by atoms with E-state index in [4.69, 9.17) is 0 Å². The molecule has 0 bridgehead atoms. The number of carbonyl (C=O) groups is 3. The summed E-state index contributed by atoms with van der Waals surface area (Å²) in [6.45, 7) is 3.83. The first-order chi connectivity index (χ1) is 13.9. The lowest BCUT2D eigenvalue weighted by atomic mass is 9.78. The van der Waals surface area contributed by atoms with Crippen LogP contribution >= 0.6 is 0 Å². The molecule has 0 aromatic heterocycles. The molecule has 6 heteroatoms. The molecule has 3 unspecified atom stereocenters. The summed E-state index contributed by atoms with van der Waals surface area (Å²) in [6, 6.07) is 15.6. The zero-order valence-corrected chi connectivity index (χ0v) is 16.6. The Balaban J connectivity index is 1.66. The van der Waals surface area contributed by atoms with Gasteiger partial charge in [0, 0.05) is 23.7 Å². The third kappa shape index (κ3) is 4.47. The number of hydrogen-bond donors (Lipinski definition) is 3. The van der Waals surface area contributed by atoms with E-state index < -0.39 is 11.4 Å². The molecule has 1 aliphatic carbocycles. The summed E-state index contributed by atoms with van der Waals surface area (Å²) in [7, 11) is 0. The maximum Gasteiger partial charge on any atom is 0.315 e. The predicted molar refractivity (Wildman–Crippen MR) is 111 cm³/mol. The first-order valence-electron chi connectivity index (χ1n) is 9.85. The van der Waals surface area contributed by atoms with Crippen LogP contribution in [-0.2, 0) is 15.0 Å². The van der Waals surface area contributed by atoms with Gasteiger partial charge in [0.25, 0.3) is 5.91 Å². The Morgan fingerprint density at radius 3 is 2.21 bits per heavy atom. The molecule has 0 heterocycles. The number of hydrogen-bond acceptors (Lipinski definition) is 3. The topological polar surface area (TPSA) is 95.5 Å². The molecule has 152 valence electrons. The molecule has 0 saturated heterocycles. The summed E-state index contributed by atoms with van der Waals surface area (Å²) in [5.74, 6) is -0.814. The average Bonchev–Trinajstić information content (AvgIpc) is 3.46. The molecule has 3 atom stereocenters. The van der Waals surface area contributed by atoms with Crippen LogP contribution in [-0.4, -0.2) is 29.4 Å². The van der Waals surface area contributed by atoms with E-state index in [9.17, 15) is 19.5 Å². The van der Waals surface area contributed by atoms with Crippen LogP contribution in [0.1, 0.15) is 42.6 Å². The molecule has 2 aromatic rings. The number of rotatable bonds is 8. The van der Waals surface area contributed by atoms with Crippen molar-refractivity contribution in [3.05, 3.63) is 65.7 Å². The second-order valence-electron chi connectivity index (χ2n) is 7.68. The summed E-state index contributed by atoms with van der Waals surface area (Å²) in [5.41, 5.74) is 0.517. The second-order valence-corrected chi connectivity index (χ2v) is 7.68. The van der Waals surface area contributed by atoms with Crippen LogP contribution in [0.5, 0.6) is 0 Å². The van der Waals surface area contributed by atoms with E-state index in [1.54, 1.807) is 55.5 Å². The largest absolute Gasteiger partial charge is 0.481 e. The SMILES string of the molecule is CCC(CNC(=O)c1ccc(NC(=O)C2CC2C)cc1)(C(=O)O)c1ccccc1. The van der Waals surface area contributed by atoms with Crippen LogP contribution in [0.3, 0.4) is 0 Å². The number of anilines is 1. The Morgan fingerprint density at radius 1 is 1.07 bits per heavy atom. The molecule has 3 rings (SSSR count). The highest BCUT2D eigenvalue weighted by atomic mass is 16.4. The number of carboxylic acid groups (broad SMARTS) is 1. The predicted octanol–water partition coefficient (Wildman–Crippen LogP) is 3.44. The van der Waals surface area contributed by atoms with Crippen molar-refractivity contribution in [1.29, 1.82) is 0 Å². The smallest absolute Gasteiger partial charge is 0.315 e. The normalized spacial score (nSPS) is 19.7. The molecule has 6 nitrogen and oxygen atoms in total. The Bertz CT molecular complexity index is 895. The summed E-state index contributed by atoms with van der Waals surface area (Å²) < 4.78 is 0. The third-order valence-corrected chi connectivity index (χ3v) is 5.75. The fourth-order valence-electron chi connectivity index (χ4n) is 3.50. The van der Waals surface area contributed by atoms with Crippen molar-refractivity contribution in [3.63, 3.8) is 0 Å². The van der Waals surface area contributed by atoms with Crippen LogP contribution in [0.2, 0.25) is 0 Å². The van der Waals surface area contributed by atoms with Gasteiger partial charge in [-0.1, -0.05) is 44.2 Å². The van der Waals surface area contributed by atoms with Gasteiger partial charge in [-0.05, 0) is 48.6 Å². The molecule has 1 fully saturated rings. The number of aliphatic carboxylic acids is 1. The minimum atomic E-state index is -1.19. The average molecular weight is 394 g/mol. The van der Waals surface area contributed by atoms with Gasteiger partial charge < -0.3 is 15.7 Å². The van der Waals surface area contributed by atoms with E-state index in [2.05, 4.69) is 10.6 Å². The van der Waals surface area contributed by atoms with E-state index in [-0.39, 0.29) is 24.3 Å². The van der Waals surface area contributed by atoms with Crippen molar-refractivity contribution in [2.45, 2.75) is 32.1 Å². The molecule has 1 aliphatic rings. The molecular formula is C23H26N2O4. The van der Waals surface area contributed by atoms with Gasteiger partial charge in [-0.25, -0.2) is 0 Å². The Morgan fingerprint density at radius 2 is 1.69 bits per heavy atom. The first kappa shape index (κ1) is 20.6. The number of benzene rings is 2. The Hall–Kier alpha value is -3.15. The Kier molecular flexibility index (Phi) is 6.01. The highest BCUT2D eigenvalue weighted by molar-refractivity contribution is 5.97. The summed E-state index contributed by atoms with van der Waals surface area (Å²) >= 11 is 0. The minimum absolute atomic E-state index is 0.00625. The van der Waals surface area contributed by atoms with Crippen LogP contribution in [0.4, 0.5) is 5.69 Å². The van der Waals surface area contributed by atoms with E-state index in [0.717, 1.165) is 6.42 Å². The lowest BCUT2D eigenvalue weighted by Gasteiger charge is -2.29. The fraction of sp³-hybridized carbons (Fsp3) is 0.348. The molecule has 2 aromatic carbocycles. The van der Waals surface area contributed by atoms with Crippen LogP contribution in [0.25, 0.3) is 0 Å².